The molecule has 1 aromatic rings. The molecule has 0 aliphatic heterocycles. The number of aromatic hydroxyl groups is 1. The topological polar surface area (TPSA) is 85.2 Å². The highest BCUT2D eigenvalue weighted by Gasteiger charge is 2.28. The van der Waals surface area contributed by atoms with E-state index < -0.39 is 6.16 Å². The van der Waals surface area contributed by atoms with E-state index in [0.29, 0.717) is 25.4 Å². The molecule has 0 saturated heterocycles. The molecule has 0 radical (unpaired) electrons. The van der Waals surface area contributed by atoms with Gasteiger partial charge in [0.2, 0.25) is 11.5 Å². The van der Waals surface area contributed by atoms with Crippen LogP contribution < -0.4 is 14.2 Å². The van der Waals surface area contributed by atoms with E-state index in [1.165, 1.54) is 70.6 Å². The normalized spacial score (nSPS) is 11.2. The summed E-state index contributed by atoms with van der Waals surface area (Å²) in [6, 6.07) is 0. The first kappa shape index (κ1) is 38.9. The first-order valence-corrected chi connectivity index (χ1v) is 18.1. The first-order valence-electron chi connectivity index (χ1n) is 18.1. The Bertz CT molecular complexity index is 837. The lowest BCUT2D eigenvalue weighted by molar-refractivity contribution is 0.141. The Labute approximate surface area is 264 Å². The Hall–Kier alpha value is -2.11. The number of phenols is 1. The first-order chi connectivity index (χ1) is 21.0. The van der Waals surface area contributed by atoms with Crippen LogP contribution >= 0.6 is 0 Å². The molecule has 6 nitrogen and oxygen atoms in total. The number of carbonyl (C=O) groups is 1. The molecule has 0 aliphatic carbocycles. The van der Waals surface area contributed by atoms with Gasteiger partial charge in [-0.25, -0.2) is 4.79 Å². The molecule has 250 valence electrons. The third-order valence-corrected chi connectivity index (χ3v) is 8.29. The van der Waals surface area contributed by atoms with Crippen molar-refractivity contribution in [1.82, 2.24) is 0 Å². The Morgan fingerprint density at radius 1 is 0.488 bits per heavy atom. The van der Waals surface area contributed by atoms with Crippen LogP contribution in [0.3, 0.4) is 0 Å². The van der Waals surface area contributed by atoms with E-state index >= 15 is 0 Å². The standard InChI is InChI=1S/C37H66O6/c1-5-9-13-17-21-25-29-41-35-32(28-24-20-16-12-8-4)31(27-23-19-15-11-7-3)34(43-37(39)40)33(38)36(35)42-30-26-22-18-14-10-6-2/h38H,5-30H2,1-4H3,(H,39,40). The monoisotopic (exact) mass is 606 g/mol. The van der Waals surface area contributed by atoms with Crippen molar-refractivity contribution < 1.29 is 29.2 Å². The highest BCUT2D eigenvalue weighted by molar-refractivity contribution is 5.71. The molecule has 1 rings (SSSR count). The molecule has 43 heavy (non-hydrogen) atoms. The molecular formula is C37H66O6. The number of hydrogen-bond donors (Lipinski definition) is 2. The van der Waals surface area contributed by atoms with Gasteiger partial charge >= 0.3 is 6.16 Å². The summed E-state index contributed by atoms with van der Waals surface area (Å²) in [5, 5.41) is 21.1. The number of rotatable bonds is 29. The zero-order valence-corrected chi connectivity index (χ0v) is 28.4. The Morgan fingerprint density at radius 3 is 1.26 bits per heavy atom. The largest absolute Gasteiger partial charge is 0.511 e. The minimum atomic E-state index is -1.42. The van der Waals surface area contributed by atoms with Crippen LogP contribution in [0.5, 0.6) is 23.0 Å². The van der Waals surface area contributed by atoms with Crippen LogP contribution in [0.25, 0.3) is 0 Å². The average Bonchev–Trinajstić information content (AvgIpc) is 2.99. The van der Waals surface area contributed by atoms with Gasteiger partial charge < -0.3 is 24.4 Å². The van der Waals surface area contributed by atoms with Crippen LogP contribution in [0.15, 0.2) is 0 Å². The molecule has 0 spiro atoms. The highest BCUT2D eigenvalue weighted by atomic mass is 16.7. The summed E-state index contributed by atoms with van der Waals surface area (Å²) in [4.78, 5) is 11.8. The summed E-state index contributed by atoms with van der Waals surface area (Å²) < 4.78 is 18.1. The Morgan fingerprint density at radius 2 is 0.837 bits per heavy atom. The quantitative estimate of drug-likeness (QED) is 0.0536. The molecular weight excluding hydrogens is 540 g/mol. The van der Waals surface area contributed by atoms with Crippen molar-refractivity contribution in [2.45, 2.75) is 182 Å². The number of phenolic OH excluding ortho intramolecular Hbond substituents is 1. The van der Waals surface area contributed by atoms with Gasteiger partial charge in [-0.15, -0.1) is 0 Å². The van der Waals surface area contributed by atoms with Crippen LogP contribution in [-0.2, 0) is 12.8 Å². The summed E-state index contributed by atoms with van der Waals surface area (Å²) in [6.07, 6.45) is 24.9. The highest BCUT2D eigenvalue weighted by Crippen LogP contribution is 2.50. The zero-order valence-electron chi connectivity index (χ0n) is 28.4. The molecule has 1 aromatic carbocycles. The van der Waals surface area contributed by atoms with Gasteiger partial charge in [0.1, 0.15) is 0 Å². The van der Waals surface area contributed by atoms with Crippen LogP contribution in [0.2, 0.25) is 0 Å². The number of unbranched alkanes of at least 4 members (excludes halogenated alkanes) is 18. The third-order valence-electron chi connectivity index (χ3n) is 8.29. The van der Waals surface area contributed by atoms with Gasteiger partial charge in [0.25, 0.3) is 0 Å². The van der Waals surface area contributed by atoms with Crippen LogP contribution in [0, 0.1) is 0 Å². The van der Waals surface area contributed by atoms with Crippen LogP contribution in [-0.4, -0.2) is 29.6 Å². The van der Waals surface area contributed by atoms with E-state index in [2.05, 4.69) is 27.7 Å². The molecule has 6 heteroatoms. The molecule has 0 fully saturated rings. The van der Waals surface area contributed by atoms with Gasteiger partial charge in [-0.1, -0.05) is 143 Å². The van der Waals surface area contributed by atoms with E-state index in [4.69, 9.17) is 14.2 Å². The zero-order chi connectivity index (χ0) is 31.5. The fourth-order valence-electron chi connectivity index (χ4n) is 5.70. The SMILES string of the molecule is CCCCCCCCOc1c(O)c(OC(=O)O)c(CCCCCCC)c(CCCCCCC)c1OCCCCCCCC. The lowest BCUT2D eigenvalue weighted by Crippen LogP contribution is -2.12. The number of benzene rings is 1. The third kappa shape index (κ3) is 17.1. The van der Waals surface area contributed by atoms with E-state index in [9.17, 15) is 15.0 Å². The molecule has 2 N–H and O–H groups in total. The van der Waals surface area contributed by atoms with Crippen LogP contribution in [0.1, 0.15) is 180 Å². The molecule has 0 unspecified atom stereocenters. The van der Waals surface area contributed by atoms with Gasteiger partial charge in [0.05, 0.1) is 13.2 Å². The molecule has 0 amide bonds. The maximum absolute atomic E-state index is 11.8. The molecule has 0 atom stereocenters. The van der Waals surface area contributed by atoms with E-state index in [1.807, 2.05) is 0 Å². The van der Waals surface area contributed by atoms with E-state index in [1.54, 1.807) is 0 Å². The van der Waals surface area contributed by atoms with Crippen molar-refractivity contribution in [3.63, 3.8) is 0 Å². The summed E-state index contributed by atoms with van der Waals surface area (Å²) >= 11 is 0. The maximum Gasteiger partial charge on any atom is 0.511 e. The minimum absolute atomic E-state index is 0.0383. The van der Waals surface area contributed by atoms with Crippen LogP contribution in [0.4, 0.5) is 4.79 Å². The maximum atomic E-state index is 11.8. The molecule has 0 aromatic heterocycles. The van der Waals surface area contributed by atoms with Gasteiger partial charge in [-0.3, -0.25) is 0 Å². The summed E-state index contributed by atoms with van der Waals surface area (Å²) in [5.41, 5.74) is 1.74. The van der Waals surface area contributed by atoms with Gasteiger partial charge in [0.15, 0.2) is 11.5 Å². The predicted octanol–water partition coefficient (Wildman–Crippen LogP) is 12.0. The fourth-order valence-corrected chi connectivity index (χ4v) is 5.70. The summed E-state index contributed by atoms with van der Waals surface area (Å²) in [6.45, 7) is 9.86. The lowest BCUT2D eigenvalue weighted by atomic mass is 9.93. The minimum Gasteiger partial charge on any atom is -0.502 e. The van der Waals surface area contributed by atoms with Crippen molar-refractivity contribution in [1.29, 1.82) is 0 Å². The molecule has 0 aliphatic rings. The lowest BCUT2D eigenvalue weighted by Gasteiger charge is -2.23. The van der Waals surface area contributed by atoms with Crippen molar-refractivity contribution in [3.05, 3.63) is 11.1 Å². The van der Waals surface area contributed by atoms with E-state index in [0.717, 1.165) is 88.2 Å². The number of hydrogen-bond acceptors (Lipinski definition) is 5. The van der Waals surface area contributed by atoms with Crippen molar-refractivity contribution >= 4 is 6.16 Å². The second kappa shape index (κ2) is 26.3. The van der Waals surface area contributed by atoms with Gasteiger partial charge in [0, 0.05) is 11.1 Å². The fraction of sp³-hybridized carbons (Fsp3) is 0.811. The van der Waals surface area contributed by atoms with E-state index in [-0.39, 0.29) is 17.2 Å². The van der Waals surface area contributed by atoms with Gasteiger partial charge in [-0.05, 0) is 38.5 Å². The Kier molecular flexibility index (Phi) is 23.8. The smallest absolute Gasteiger partial charge is 0.502 e. The summed E-state index contributed by atoms with van der Waals surface area (Å²) in [5.74, 6) is 0.670. The van der Waals surface area contributed by atoms with Crippen molar-refractivity contribution in [2.75, 3.05) is 13.2 Å². The second-order valence-corrected chi connectivity index (χ2v) is 12.2. The number of carboxylic acid groups (broad SMARTS) is 1. The number of ether oxygens (including phenoxy) is 3. The Balaban J connectivity index is 3.36. The predicted molar refractivity (Wildman–Crippen MR) is 179 cm³/mol. The second-order valence-electron chi connectivity index (χ2n) is 12.2. The van der Waals surface area contributed by atoms with Gasteiger partial charge in [-0.2, -0.15) is 0 Å². The summed E-state index contributed by atoms with van der Waals surface area (Å²) in [7, 11) is 0. The van der Waals surface area contributed by atoms with Crippen molar-refractivity contribution in [2.24, 2.45) is 0 Å². The molecule has 0 heterocycles. The molecule has 0 saturated carbocycles. The molecule has 0 bridgehead atoms. The average molecular weight is 607 g/mol. The van der Waals surface area contributed by atoms with Crippen molar-refractivity contribution in [3.8, 4) is 23.0 Å².